The lowest BCUT2D eigenvalue weighted by Gasteiger charge is -2.08. The maximum absolute atomic E-state index is 12.3. The van der Waals surface area contributed by atoms with Crippen LogP contribution in [0.1, 0.15) is 11.1 Å². The van der Waals surface area contributed by atoms with Crippen molar-refractivity contribution in [2.24, 2.45) is 0 Å². The van der Waals surface area contributed by atoms with Crippen molar-refractivity contribution in [1.29, 1.82) is 5.26 Å². The number of nitriles is 1. The molecule has 0 unspecified atom stereocenters. The Morgan fingerprint density at radius 1 is 1.08 bits per heavy atom. The van der Waals surface area contributed by atoms with Gasteiger partial charge in [-0.2, -0.15) is 5.26 Å². The first-order valence-corrected chi connectivity index (χ1v) is 7.45. The van der Waals surface area contributed by atoms with E-state index in [9.17, 15) is 14.4 Å². The molecule has 2 aromatic carbocycles. The third-order valence-corrected chi connectivity index (χ3v) is 3.65. The normalized spacial score (nSPS) is 10.4. The Kier molecular flexibility index (Phi) is 4.44. The Labute approximate surface area is 141 Å². The fraction of sp³-hybridized carbons (Fsp3) is 0.111. The second kappa shape index (κ2) is 6.84. The molecule has 1 aromatic heterocycles. The van der Waals surface area contributed by atoms with E-state index in [-0.39, 0.29) is 17.4 Å². The lowest BCUT2D eigenvalue weighted by atomic mass is 10.2. The first-order chi connectivity index (χ1) is 12.1. The van der Waals surface area contributed by atoms with E-state index in [4.69, 9.17) is 10.00 Å². The van der Waals surface area contributed by atoms with Crippen molar-refractivity contribution in [2.45, 2.75) is 13.2 Å². The van der Waals surface area contributed by atoms with Gasteiger partial charge in [-0.1, -0.05) is 24.3 Å². The molecule has 0 saturated heterocycles. The molecule has 3 aromatic rings. The summed E-state index contributed by atoms with van der Waals surface area (Å²) in [4.78, 5) is 36.2. The minimum Gasteiger partial charge on any atom is -0.459 e. The highest BCUT2D eigenvalue weighted by atomic mass is 16.5. The van der Waals surface area contributed by atoms with Gasteiger partial charge in [0, 0.05) is 0 Å². The average Bonchev–Trinajstić information content (AvgIpc) is 2.64. The predicted octanol–water partition coefficient (Wildman–Crippen LogP) is 1.30. The molecule has 1 N–H and O–H groups in total. The van der Waals surface area contributed by atoms with E-state index in [1.54, 1.807) is 42.5 Å². The minimum atomic E-state index is -0.655. The first kappa shape index (κ1) is 16.2. The molecule has 1 heterocycles. The van der Waals surface area contributed by atoms with Gasteiger partial charge < -0.3 is 4.74 Å². The largest absolute Gasteiger partial charge is 0.459 e. The van der Waals surface area contributed by atoms with Crippen LogP contribution >= 0.6 is 0 Å². The topological polar surface area (TPSA) is 105 Å². The summed E-state index contributed by atoms with van der Waals surface area (Å²) in [7, 11) is 0. The molecular weight excluding hydrogens is 322 g/mol. The van der Waals surface area contributed by atoms with Crippen LogP contribution in [0.15, 0.2) is 58.1 Å². The van der Waals surface area contributed by atoms with E-state index < -0.39 is 23.6 Å². The molecule has 124 valence electrons. The lowest BCUT2D eigenvalue weighted by Crippen LogP contribution is -2.32. The maximum atomic E-state index is 12.3. The van der Waals surface area contributed by atoms with E-state index in [0.29, 0.717) is 11.1 Å². The van der Waals surface area contributed by atoms with Gasteiger partial charge in [0.05, 0.1) is 22.4 Å². The van der Waals surface area contributed by atoms with E-state index in [2.05, 4.69) is 5.10 Å². The number of H-pyrrole nitrogens is 1. The van der Waals surface area contributed by atoms with Gasteiger partial charge in [-0.15, -0.1) is 0 Å². The first-order valence-electron chi connectivity index (χ1n) is 7.45. The van der Waals surface area contributed by atoms with Crippen LogP contribution in [0.2, 0.25) is 0 Å². The Morgan fingerprint density at radius 2 is 1.76 bits per heavy atom. The van der Waals surface area contributed by atoms with Crippen LogP contribution in [0.5, 0.6) is 0 Å². The van der Waals surface area contributed by atoms with Crippen LogP contribution in [0.25, 0.3) is 10.8 Å². The Hall–Kier alpha value is -3.66. The summed E-state index contributed by atoms with van der Waals surface area (Å²) < 4.78 is 6.05. The number of rotatable bonds is 4. The number of aromatic nitrogens is 2. The molecular formula is C18H13N3O4. The SMILES string of the molecule is N#Cc1ccc(COC(=O)Cn2[nH]c(=O)c3ccccc3c2=O)cc1. The van der Waals surface area contributed by atoms with Crippen LogP contribution in [0, 0.1) is 11.3 Å². The summed E-state index contributed by atoms with van der Waals surface area (Å²) in [5, 5.41) is 11.6. The number of nitrogens with zero attached hydrogens (tertiary/aromatic N) is 2. The maximum Gasteiger partial charge on any atom is 0.328 e. The molecule has 0 saturated carbocycles. The molecule has 7 nitrogen and oxygen atoms in total. The smallest absolute Gasteiger partial charge is 0.328 e. The van der Waals surface area contributed by atoms with Crippen LogP contribution < -0.4 is 11.1 Å². The number of nitrogens with one attached hydrogen (secondary N) is 1. The summed E-state index contributed by atoms with van der Waals surface area (Å²) in [6, 6.07) is 15.0. The van der Waals surface area contributed by atoms with E-state index in [1.165, 1.54) is 6.07 Å². The molecule has 25 heavy (non-hydrogen) atoms. The fourth-order valence-electron chi connectivity index (χ4n) is 2.37. The molecule has 0 amide bonds. The number of hydrogen-bond acceptors (Lipinski definition) is 5. The van der Waals surface area contributed by atoms with Gasteiger partial charge in [-0.3, -0.25) is 19.5 Å². The minimum absolute atomic E-state index is 0.0110. The number of esters is 1. The zero-order chi connectivity index (χ0) is 17.8. The molecule has 0 bridgehead atoms. The molecule has 0 radical (unpaired) electrons. The average molecular weight is 335 g/mol. The second-order valence-electron chi connectivity index (χ2n) is 5.35. The molecule has 0 aliphatic carbocycles. The van der Waals surface area contributed by atoms with Crippen molar-refractivity contribution in [3.63, 3.8) is 0 Å². The van der Waals surface area contributed by atoms with E-state index in [0.717, 1.165) is 4.68 Å². The van der Waals surface area contributed by atoms with Gasteiger partial charge in [-0.05, 0) is 29.8 Å². The summed E-state index contributed by atoms with van der Waals surface area (Å²) in [5.41, 5.74) is 0.308. The van der Waals surface area contributed by atoms with Crippen molar-refractivity contribution in [1.82, 2.24) is 9.78 Å². The number of carbonyl (C=O) groups excluding carboxylic acids is 1. The Balaban J connectivity index is 1.74. The van der Waals surface area contributed by atoms with Crippen LogP contribution in [0.3, 0.4) is 0 Å². The van der Waals surface area contributed by atoms with Crippen LogP contribution in [0.4, 0.5) is 0 Å². The molecule has 0 aliphatic rings. The molecule has 7 heteroatoms. The summed E-state index contributed by atoms with van der Waals surface area (Å²) in [6.07, 6.45) is 0. The number of aromatic amines is 1. The van der Waals surface area contributed by atoms with Crippen LogP contribution in [-0.2, 0) is 22.7 Å². The Morgan fingerprint density at radius 3 is 2.44 bits per heavy atom. The third kappa shape index (κ3) is 3.48. The number of carbonyl (C=O) groups is 1. The van der Waals surface area contributed by atoms with Gasteiger partial charge in [0.2, 0.25) is 0 Å². The highest BCUT2D eigenvalue weighted by Gasteiger charge is 2.11. The molecule has 0 spiro atoms. The molecule has 0 atom stereocenters. The lowest BCUT2D eigenvalue weighted by molar-refractivity contribution is -0.146. The van der Waals surface area contributed by atoms with Crippen molar-refractivity contribution in [3.8, 4) is 6.07 Å². The summed E-state index contributed by atoms with van der Waals surface area (Å²) in [5.74, 6) is -0.655. The third-order valence-electron chi connectivity index (χ3n) is 3.65. The van der Waals surface area contributed by atoms with Crippen LogP contribution in [-0.4, -0.2) is 15.7 Å². The number of benzene rings is 2. The number of ether oxygens (including phenoxy) is 1. The number of hydrogen-bond donors (Lipinski definition) is 1. The van der Waals surface area contributed by atoms with Gasteiger partial charge in [0.15, 0.2) is 0 Å². The highest BCUT2D eigenvalue weighted by Crippen LogP contribution is 2.05. The predicted molar refractivity (Wildman–Crippen MR) is 89.8 cm³/mol. The monoisotopic (exact) mass is 335 g/mol. The number of fused-ring (bicyclic) bond motifs is 1. The van der Waals surface area contributed by atoms with Crippen molar-refractivity contribution >= 4 is 16.7 Å². The standard InChI is InChI=1S/C18H13N3O4/c19-9-12-5-7-13(8-6-12)11-25-16(22)10-21-18(24)15-4-2-1-3-14(15)17(23)20-21/h1-8H,10-11H2,(H,20,23). The van der Waals surface area contributed by atoms with Gasteiger partial charge in [-0.25, -0.2) is 4.68 Å². The molecule has 0 aliphatic heterocycles. The zero-order valence-corrected chi connectivity index (χ0v) is 13.1. The fourth-order valence-corrected chi connectivity index (χ4v) is 2.37. The van der Waals surface area contributed by atoms with Crippen molar-refractivity contribution in [2.75, 3.05) is 0 Å². The highest BCUT2D eigenvalue weighted by molar-refractivity contribution is 5.80. The van der Waals surface area contributed by atoms with Gasteiger partial charge >= 0.3 is 5.97 Å². The van der Waals surface area contributed by atoms with Gasteiger partial charge in [0.25, 0.3) is 11.1 Å². The summed E-state index contributed by atoms with van der Waals surface area (Å²) in [6.45, 7) is -0.383. The molecule has 3 rings (SSSR count). The van der Waals surface area contributed by atoms with Crippen molar-refractivity contribution in [3.05, 3.63) is 80.4 Å². The molecule has 0 fully saturated rings. The van der Waals surface area contributed by atoms with E-state index in [1.807, 2.05) is 6.07 Å². The Bertz CT molecular complexity index is 1090. The second-order valence-corrected chi connectivity index (χ2v) is 5.35. The zero-order valence-electron chi connectivity index (χ0n) is 13.1. The van der Waals surface area contributed by atoms with Crippen molar-refractivity contribution < 1.29 is 9.53 Å². The van der Waals surface area contributed by atoms with E-state index >= 15 is 0 Å². The summed E-state index contributed by atoms with van der Waals surface area (Å²) >= 11 is 0. The van der Waals surface area contributed by atoms with Gasteiger partial charge in [0.1, 0.15) is 13.2 Å². The quantitative estimate of drug-likeness (QED) is 0.724.